The molecule has 0 aromatic carbocycles. The van der Waals surface area contributed by atoms with Crippen molar-refractivity contribution in [3.05, 3.63) is 30.1 Å². The van der Waals surface area contributed by atoms with Gasteiger partial charge in [0.15, 0.2) is 0 Å². The number of fused-ring (bicyclic) bond motifs is 1. The largest absolute Gasteiger partial charge is 0.394 e. The van der Waals surface area contributed by atoms with E-state index >= 15 is 0 Å². The van der Waals surface area contributed by atoms with E-state index in [4.69, 9.17) is 9.84 Å². The van der Waals surface area contributed by atoms with Crippen LogP contribution in [0.15, 0.2) is 24.5 Å². The molecule has 0 saturated heterocycles. The van der Waals surface area contributed by atoms with Gasteiger partial charge in [0, 0.05) is 30.9 Å². The maximum absolute atomic E-state index is 8.66. The molecule has 5 heteroatoms. The first-order valence-corrected chi connectivity index (χ1v) is 6.12. The average molecular weight is 249 g/mol. The van der Waals surface area contributed by atoms with Crippen molar-refractivity contribution in [2.75, 3.05) is 26.9 Å². The van der Waals surface area contributed by atoms with E-state index in [0.717, 1.165) is 18.7 Å². The third kappa shape index (κ3) is 2.87. The number of aromatic nitrogens is 2. The molecule has 0 aliphatic heterocycles. The first kappa shape index (κ1) is 13.0. The van der Waals surface area contributed by atoms with Gasteiger partial charge in [-0.15, -0.1) is 0 Å². The molecule has 2 heterocycles. The lowest BCUT2D eigenvalue weighted by molar-refractivity contribution is 0.0874. The predicted octanol–water partition coefficient (Wildman–Crippen LogP) is 0.765. The molecule has 0 spiro atoms. The number of aliphatic hydroxyl groups is 1. The van der Waals surface area contributed by atoms with E-state index < -0.39 is 0 Å². The van der Waals surface area contributed by atoms with Gasteiger partial charge in [0.05, 0.1) is 19.8 Å². The topological polar surface area (TPSA) is 59.3 Å². The summed E-state index contributed by atoms with van der Waals surface area (Å²) in [6, 6.07) is 4.04. The zero-order chi connectivity index (χ0) is 12.8. The Hall–Kier alpha value is -1.43. The van der Waals surface area contributed by atoms with Crippen LogP contribution in [0.3, 0.4) is 0 Å². The van der Waals surface area contributed by atoms with Crippen LogP contribution in [0.4, 0.5) is 0 Å². The lowest BCUT2D eigenvalue weighted by atomic mass is 10.2. The van der Waals surface area contributed by atoms with Gasteiger partial charge in [-0.05, 0) is 24.7 Å². The number of hydrogen-bond donors (Lipinski definition) is 2. The molecule has 0 bridgehead atoms. The van der Waals surface area contributed by atoms with Gasteiger partial charge in [0.25, 0.3) is 0 Å². The normalized spacial score (nSPS) is 11.2. The molecule has 0 amide bonds. The van der Waals surface area contributed by atoms with E-state index in [1.807, 2.05) is 13.1 Å². The van der Waals surface area contributed by atoms with Gasteiger partial charge < -0.3 is 19.7 Å². The number of rotatable bonds is 7. The first-order chi connectivity index (χ1) is 8.86. The van der Waals surface area contributed by atoms with Crippen LogP contribution in [0.2, 0.25) is 0 Å². The molecule has 2 N–H and O–H groups in total. The fourth-order valence-corrected chi connectivity index (χ4v) is 2.03. The van der Waals surface area contributed by atoms with Crippen molar-refractivity contribution in [2.24, 2.45) is 0 Å². The average Bonchev–Trinajstić information content (AvgIpc) is 2.74. The predicted molar refractivity (Wildman–Crippen MR) is 70.4 cm³/mol. The van der Waals surface area contributed by atoms with E-state index in [1.54, 1.807) is 6.20 Å². The number of hydrogen-bond acceptors (Lipinski definition) is 4. The van der Waals surface area contributed by atoms with Gasteiger partial charge in [-0.3, -0.25) is 0 Å². The molecule has 0 radical (unpaired) electrons. The summed E-state index contributed by atoms with van der Waals surface area (Å²) >= 11 is 0. The Morgan fingerprint density at radius 3 is 3.11 bits per heavy atom. The molecule has 2 aromatic heterocycles. The van der Waals surface area contributed by atoms with E-state index in [1.165, 1.54) is 10.9 Å². The first-order valence-electron chi connectivity index (χ1n) is 6.12. The number of nitrogens with zero attached hydrogens (tertiary/aromatic N) is 2. The molecule has 0 atom stereocenters. The summed E-state index contributed by atoms with van der Waals surface area (Å²) in [5.74, 6) is 0. The monoisotopic (exact) mass is 249 g/mol. The minimum absolute atomic E-state index is 0.0652. The second kappa shape index (κ2) is 6.49. The minimum Gasteiger partial charge on any atom is -0.394 e. The molecule has 0 aliphatic rings. The van der Waals surface area contributed by atoms with Gasteiger partial charge in [-0.2, -0.15) is 0 Å². The van der Waals surface area contributed by atoms with Crippen LogP contribution in [-0.4, -0.2) is 41.5 Å². The van der Waals surface area contributed by atoms with Crippen LogP contribution in [0.1, 0.15) is 5.56 Å². The van der Waals surface area contributed by atoms with Gasteiger partial charge in [-0.1, -0.05) is 0 Å². The number of aliphatic hydroxyl groups excluding tert-OH is 1. The van der Waals surface area contributed by atoms with Crippen molar-refractivity contribution >= 4 is 11.0 Å². The van der Waals surface area contributed by atoms with Gasteiger partial charge in [0.1, 0.15) is 5.65 Å². The fourth-order valence-electron chi connectivity index (χ4n) is 2.03. The summed E-state index contributed by atoms with van der Waals surface area (Å²) < 4.78 is 7.39. The third-order valence-electron chi connectivity index (χ3n) is 2.80. The maximum Gasteiger partial charge on any atom is 0.140 e. The van der Waals surface area contributed by atoms with Gasteiger partial charge >= 0.3 is 0 Å². The Morgan fingerprint density at radius 2 is 2.33 bits per heavy atom. The fraction of sp³-hybridized carbons (Fsp3) is 0.462. The zero-order valence-corrected chi connectivity index (χ0v) is 10.6. The molecule has 5 nitrogen and oxygen atoms in total. The highest BCUT2D eigenvalue weighted by molar-refractivity contribution is 5.80. The molecule has 18 heavy (non-hydrogen) atoms. The van der Waals surface area contributed by atoms with E-state index in [0.29, 0.717) is 13.2 Å². The summed E-state index contributed by atoms with van der Waals surface area (Å²) in [6.07, 6.45) is 3.91. The number of nitrogens with one attached hydrogen (secondary N) is 1. The molecular formula is C13H19N3O2. The standard InChI is InChI=1S/C13H19N3O2/c1-14-9-11-10-16(5-7-18-8-6-17)13-12(11)3-2-4-15-13/h2-4,10,14,17H,5-9H2,1H3. The number of pyridine rings is 1. The van der Waals surface area contributed by atoms with Crippen LogP contribution in [-0.2, 0) is 17.8 Å². The van der Waals surface area contributed by atoms with Crippen LogP contribution >= 0.6 is 0 Å². The van der Waals surface area contributed by atoms with Crippen LogP contribution in [0.25, 0.3) is 11.0 Å². The summed E-state index contributed by atoms with van der Waals surface area (Å²) in [7, 11) is 1.93. The van der Waals surface area contributed by atoms with Crippen molar-refractivity contribution < 1.29 is 9.84 Å². The minimum atomic E-state index is 0.0652. The summed E-state index contributed by atoms with van der Waals surface area (Å²) in [4.78, 5) is 4.41. The van der Waals surface area contributed by atoms with Crippen molar-refractivity contribution in [3.8, 4) is 0 Å². The van der Waals surface area contributed by atoms with E-state index in [-0.39, 0.29) is 6.61 Å². The summed E-state index contributed by atoms with van der Waals surface area (Å²) in [5.41, 5.74) is 2.22. The second-order valence-corrected chi connectivity index (χ2v) is 4.09. The second-order valence-electron chi connectivity index (χ2n) is 4.09. The molecular weight excluding hydrogens is 230 g/mol. The Kier molecular flexibility index (Phi) is 4.69. The molecule has 2 aromatic rings. The summed E-state index contributed by atoms with van der Waals surface area (Å²) in [6.45, 7) is 2.61. The Morgan fingerprint density at radius 1 is 1.44 bits per heavy atom. The zero-order valence-electron chi connectivity index (χ0n) is 10.6. The molecule has 0 aliphatic carbocycles. The Balaban J connectivity index is 2.16. The maximum atomic E-state index is 8.66. The van der Waals surface area contributed by atoms with Crippen molar-refractivity contribution in [2.45, 2.75) is 13.1 Å². The van der Waals surface area contributed by atoms with Gasteiger partial charge in [-0.25, -0.2) is 4.98 Å². The van der Waals surface area contributed by atoms with E-state index in [9.17, 15) is 0 Å². The lowest BCUT2D eigenvalue weighted by Gasteiger charge is -2.04. The van der Waals surface area contributed by atoms with Crippen LogP contribution in [0, 0.1) is 0 Å². The molecule has 0 unspecified atom stereocenters. The Labute approximate surface area is 106 Å². The third-order valence-corrected chi connectivity index (χ3v) is 2.80. The Bertz CT molecular complexity index is 496. The van der Waals surface area contributed by atoms with Gasteiger partial charge in [0.2, 0.25) is 0 Å². The highest BCUT2D eigenvalue weighted by Gasteiger charge is 2.08. The SMILES string of the molecule is CNCc1cn(CCOCCO)c2ncccc12. The molecule has 0 saturated carbocycles. The van der Waals surface area contributed by atoms with Crippen LogP contribution < -0.4 is 5.32 Å². The van der Waals surface area contributed by atoms with Crippen molar-refractivity contribution in [1.29, 1.82) is 0 Å². The van der Waals surface area contributed by atoms with E-state index in [2.05, 4.69) is 27.1 Å². The smallest absolute Gasteiger partial charge is 0.140 e. The highest BCUT2D eigenvalue weighted by Crippen LogP contribution is 2.18. The van der Waals surface area contributed by atoms with Crippen LogP contribution in [0.5, 0.6) is 0 Å². The molecule has 0 fully saturated rings. The number of ether oxygens (including phenoxy) is 1. The highest BCUT2D eigenvalue weighted by atomic mass is 16.5. The quantitative estimate of drug-likeness (QED) is 0.711. The molecule has 2 rings (SSSR count). The van der Waals surface area contributed by atoms with Crippen molar-refractivity contribution in [3.63, 3.8) is 0 Å². The molecule has 98 valence electrons. The lowest BCUT2D eigenvalue weighted by Crippen LogP contribution is -2.08. The summed E-state index contributed by atoms with van der Waals surface area (Å²) in [5, 5.41) is 13.0. The van der Waals surface area contributed by atoms with Crippen molar-refractivity contribution in [1.82, 2.24) is 14.9 Å².